The summed E-state index contributed by atoms with van der Waals surface area (Å²) >= 11 is 0. The van der Waals surface area contributed by atoms with Crippen LogP contribution < -0.4 is 5.32 Å². The molecular formula is C16H27N. The lowest BCUT2D eigenvalue weighted by Crippen LogP contribution is -2.29. The molecule has 1 nitrogen and oxygen atoms in total. The Labute approximate surface area is 107 Å². The van der Waals surface area contributed by atoms with E-state index in [4.69, 9.17) is 0 Å². The number of benzene rings is 1. The molecule has 0 radical (unpaired) electrons. The first-order valence-electron chi connectivity index (χ1n) is 7.05. The summed E-state index contributed by atoms with van der Waals surface area (Å²) in [7, 11) is 0. The first-order chi connectivity index (χ1) is 8.27. The maximum Gasteiger partial charge on any atom is 0.00645 e. The van der Waals surface area contributed by atoms with E-state index in [-0.39, 0.29) is 0 Å². The topological polar surface area (TPSA) is 12.0 Å². The highest BCUT2D eigenvalue weighted by atomic mass is 14.9. The van der Waals surface area contributed by atoms with Crippen LogP contribution in [-0.2, 0) is 6.42 Å². The van der Waals surface area contributed by atoms with Crippen molar-refractivity contribution in [3.8, 4) is 0 Å². The molecule has 17 heavy (non-hydrogen) atoms. The molecule has 1 heteroatoms. The molecule has 0 aliphatic heterocycles. The summed E-state index contributed by atoms with van der Waals surface area (Å²) in [6.07, 6.45) is 6.28. The van der Waals surface area contributed by atoms with Crippen molar-refractivity contribution in [3.63, 3.8) is 0 Å². The molecule has 0 spiro atoms. The van der Waals surface area contributed by atoms with Gasteiger partial charge in [-0.1, -0.05) is 38.1 Å². The van der Waals surface area contributed by atoms with Crippen LogP contribution in [0, 0.1) is 6.92 Å². The lowest BCUT2D eigenvalue weighted by atomic mass is 10.00. The average molecular weight is 233 g/mol. The largest absolute Gasteiger partial charge is 0.314 e. The van der Waals surface area contributed by atoms with Gasteiger partial charge in [-0.15, -0.1) is 0 Å². The van der Waals surface area contributed by atoms with Crippen molar-refractivity contribution < 1.29 is 0 Å². The summed E-state index contributed by atoms with van der Waals surface area (Å²) in [4.78, 5) is 0. The summed E-state index contributed by atoms with van der Waals surface area (Å²) in [5, 5.41) is 3.62. The second-order valence-electron chi connectivity index (χ2n) is 4.88. The van der Waals surface area contributed by atoms with Crippen LogP contribution >= 0.6 is 0 Å². The van der Waals surface area contributed by atoms with Crippen LogP contribution in [0.25, 0.3) is 0 Å². The van der Waals surface area contributed by atoms with E-state index in [1.54, 1.807) is 0 Å². The van der Waals surface area contributed by atoms with Crippen LogP contribution in [-0.4, -0.2) is 12.6 Å². The maximum absolute atomic E-state index is 3.62. The second kappa shape index (κ2) is 8.30. The molecule has 1 aromatic rings. The van der Waals surface area contributed by atoms with Crippen LogP contribution in [0.3, 0.4) is 0 Å². The standard InChI is InChI=1S/C16H27N/c1-4-13-17-16(5-2)12-8-11-15-10-7-6-9-14(15)3/h6-7,9-10,16-17H,4-5,8,11-13H2,1-3H3. The summed E-state index contributed by atoms with van der Waals surface area (Å²) in [6.45, 7) is 7.87. The average Bonchev–Trinajstić information content (AvgIpc) is 2.35. The van der Waals surface area contributed by atoms with Crippen molar-refractivity contribution in [1.82, 2.24) is 5.32 Å². The van der Waals surface area contributed by atoms with Gasteiger partial charge in [-0.25, -0.2) is 0 Å². The minimum atomic E-state index is 0.707. The predicted octanol–water partition coefficient (Wildman–Crippen LogP) is 4.10. The molecule has 1 aromatic carbocycles. The molecule has 0 heterocycles. The van der Waals surface area contributed by atoms with Gasteiger partial charge >= 0.3 is 0 Å². The van der Waals surface area contributed by atoms with Crippen molar-refractivity contribution in [3.05, 3.63) is 35.4 Å². The fourth-order valence-corrected chi connectivity index (χ4v) is 2.23. The highest BCUT2D eigenvalue weighted by Gasteiger charge is 2.05. The van der Waals surface area contributed by atoms with Gasteiger partial charge in [-0.3, -0.25) is 0 Å². The van der Waals surface area contributed by atoms with Crippen LogP contribution in [0.4, 0.5) is 0 Å². The molecular weight excluding hydrogens is 206 g/mol. The summed E-state index contributed by atoms with van der Waals surface area (Å²) in [5.74, 6) is 0. The van der Waals surface area contributed by atoms with Gasteiger partial charge < -0.3 is 5.32 Å². The Hall–Kier alpha value is -0.820. The van der Waals surface area contributed by atoms with Crippen molar-refractivity contribution in [2.45, 2.75) is 58.9 Å². The van der Waals surface area contributed by atoms with E-state index < -0.39 is 0 Å². The van der Waals surface area contributed by atoms with E-state index in [2.05, 4.69) is 50.4 Å². The molecule has 0 amide bonds. The van der Waals surface area contributed by atoms with Gasteiger partial charge in [0.25, 0.3) is 0 Å². The molecule has 0 fully saturated rings. The summed E-state index contributed by atoms with van der Waals surface area (Å²) < 4.78 is 0. The number of aryl methyl sites for hydroxylation is 2. The maximum atomic E-state index is 3.62. The molecule has 0 aromatic heterocycles. The van der Waals surface area contributed by atoms with Crippen molar-refractivity contribution in [2.24, 2.45) is 0 Å². The smallest absolute Gasteiger partial charge is 0.00645 e. The van der Waals surface area contributed by atoms with E-state index in [1.807, 2.05) is 0 Å². The first-order valence-corrected chi connectivity index (χ1v) is 7.05. The third kappa shape index (κ3) is 5.36. The van der Waals surface area contributed by atoms with Gasteiger partial charge in [0.05, 0.1) is 0 Å². The van der Waals surface area contributed by atoms with Crippen LogP contribution in [0.1, 0.15) is 50.7 Å². The molecule has 0 aliphatic rings. The zero-order valence-electron chi connectivity index (χ0n) is 11.6. The Kier molecular flexibility index (Phi) is 6.95. The predicted molar refractivity (Wildman–Crippen MR) is 76.5 cm³/mol. The molecule has 0 bridgehead atoms. The van der Waals surface area contributed by atoms with Crippen molar-refractivity contribution in [1.29, 1.82) is 0 Å². The van der Waals surface area contributed by atoms with E-state index in [9.17, 15) is 0 Å². The molecule has 1 rings (SSSR count). The Bertz CT molecular complexity index is 306. The minimum absolute atomic E-state index is 0.707. The number of hydrogen-bond acceptors (Lipinski definition) is 1. The SMILES string of the molecule is CCCNC(CC)CCCc1ccccc1C. The minimum Gasteiger partial charge on any atom is -0.314 e. The van der Waals surface area contributed by atoms with E-state index in [0.29, 0.717) is 6.04 Å². The third-order valence-corrected chi connectivity index (χ3v) is 3.44. The van der Waals surface area contributed by atoms with Gasteiger partial charge in [0.1, 0.15) is 0 Å². The van der Waals surface area contributed by atoms with Gasteiger partial charge in [-0.05, 0) is 56.7 Å². The molecule has 0 saturated carbocycles. The van der Waals surface area contributed by atoms with E-state index >= 15 is 0 Å². The highest BCUT2D eigenvalue weighted by molar-refractivity contribution is 5.25. The molecule has 0 saturated heterocycles. The highest BCUT2D eigenvalue weighted by Crippen LogP contribution is 2.12. The molecule has 0 aliphatic carbocycles. The Morgan fingerprint density at radius 1 is 1.18 bits per heavy atom. The molecule has 1 atom stereocenters. The van der Waals surface area contributed by atoms with E-state index in [1.165, 1.54) is 43.2 Å². The third-order valence-electron chi connectivity index (χ3n) is 3.44. The quantitative estimate of drug-likeness (QED) is 0.713. The lowest BCUT2D eigenvalue weighted by Gasteiger charge is -2.16. The number of hydrogen-bond donors (Lipinski definition) is 1. The number of rotatable bonds is 8. The molecule has 1 N–H and O–H groups in total. The van der Waals surface area contributed by atoms with Crippen molar-refractivity contribution >= 4 is 0 Å². The first kappa shape index (κ1) is 14.2. The van der Waals surface area contributed by atoms with Crippen LogP contribution in [0.5, 0.6) is 0 Å². The molecule has 96 valence electrons. The van der Waals surface area contributed by atoms with Crippen LogP contribution in [0.2, 0.25) is 0 Å². The zero-order chi connectivity index (χ0) is 12.5. The molecule has 1 unspecified atom stereocenters. The van der Waals surface area contributed by atoms with Crippen LogP contribution in [0.15, 0.2) is 24.3 Å². The summed E-state index contributed by atoms with van der Waals surface area (Å²) in [6, 6.07) is 9.45. The van der Waals surface area contributed by atoms with Gasteiger partial charge in [0.15, 0.2) is 0 Å². The van der Waals surface area contributed by atoms with Gasteiger partial charge in [0.2, 0.25) is 0 Å². The normalized spacial score (nSPS) is 12.6. The lowest BCUT2D eigenvalue weighted by molar-refractivity contribution is 0.455. The Balaban J connectivity index is 2.28. The van der Waals surface area contributed by atoms with Gasteiger partial charge in [-0.2, -0.15) is 0 Å². The Morgan fingerprint density at radius 2 is 1.94 bits per heavy atom. The fourth-order valence-electron chi connectivity index (χ4n) is 2.23. The fraction of sp³-hybridized carbons (Fsp3) is 0.625. The Morgan fingerprint density at radius 3 is 2.59 bits per heavy atom. The zero-order valence-corrected chi connectivity index (χ0v) is 11.6. The second-order valence-corrected chi connectivity index (χ2v) is 4.88. The van der Waals surface area contributed by atoms with Crippen molar-refractivity contribution in [2.75, 3.05) is 6.54 Å². The number of nitrogens with one attached hydrogen (secondary N) is 1. The van der Waals surface area contributed by atoms with E-state index in [0.717, 1.165) is 6.54 Å². The van der Waals surface area contributed by atoms with Gasteiger partial charge in [0, 0.05) is 6.04 Å². The summed E-state index contributed by atoms with van der Waals surface area (Å²) in [5.41, 5.74) is 2.94. The monoisotopic (exact) mass is 233 g/mol.